The van der Waals surface area contributed by atoms with Crippen LogP contribution < -0.4 is 5.32 Å². The number of aromatic nitrogens is 2. The maximum absolute atomic E-state index is 13.2. The third-order valence-electron chi connectivity index (χ3n) is 5.55. The van der Waals surface area contributed by atoms with E-state index in [9.17, 15) is 9.65 Å². The Morgan fingerprint density at radius 2 is 1.66 bits per heavy atom. The smallest absolute Gasteiger partial charge is 0.135 e. The standard InChI is InChI=1S/C29H22FN5/c1-19-13-23(15-25(18-32)24-7-9-26(30)10-8-24)14-20(2)29(19)35-27-11-12-33-28(34-27)16-21-3-5-22(17-31)6-4-21/h3-15H,16H2,1-2H3,(H,33,34,35)/b25-15-. The van der Waals surface area contributed by atoms with E-state index in [1.165, 1.54) is 12.1 Å². The number of aryl methyl sites for hydroxylation is 2. The van der Waals surface area contributed by atoms with E-state index in [1.807, 2.05) is 44.2 Å². The first-order valence-corrected chi connectivity index (χ1v) is 11.0. The van der Waals surface area contributed by atoms with Crippen molar-refractivity contribution in [2.75, 3.05) is 5.32 Å². The van der Waals surface area contributed by atoms with Gasteiger partial charge in [0, 0.05) is 18.3 Å². The first-order valence-electron chi connectivity index (χ1n) is 11.0. The van der Waals surface area contributed by atoms with Gasteiger partial charge in [-0.3, -0.25) is 0 Å². The summed E-state index contributed by atoms with van der Waals surface area (Å²) in [5.74, 6) is 1.02. The maximum atomic E-state index is 13.2. The summed E-state index contributed by atoms with van der Waals surface area (Å²) in [6.45, 7) is 3.99. The first-order chi connectivity index (χ1) is 16.9. The summed E-state index contributed by atoms with van der Waals surface area (Å²) in [7, 11) is 0. The molecule has 0 amide bonds. The van der Waals surface area contributed by atoms with E-state index in [0.717, 1.165) is 27.9 Å². The van der Waals surface area contributed by atoms with Crippen LogP contribution in [0.5, 0.6) is 0 Å². The highest BCUT2D eigenvalue weighted by Gasteiger charge is 2.09. The summed E-state index contributed by atoms with van der Waals surface area (Å²) in [4.78, 5) is 9.02. The molecular formula is C29H22FN5. The van der Waals surface area contributed by atoms with E-state index in [1.54, 1.807) is 36.5 Å². The number of nitrogens with zero attached hydrogens (tertiary/aromatic N) is 4. The molecule has 0 atom stereocenters. The number of hydrogen-bond acceptors (Lipinski definition) is 5. The Labute approximate surface area is 203 Å². The summed E-state index contributed by atoms with van der Waals surface area (Å²) in [6, 6.07) is 23.4. The molecule has 5 nitrogen and oxygen atoms in total. The third-order valence-corrected chi connectivity index (χ3v) is 5.55. The number of hydrogen-bond donors (Lipinski definition) is 1. The molecule has 1 heterocycles. The van der Waals surface area contributed by atoms with Gasteiger partial charge in [0.15, 0.2) is 0 Å². The summed E-state index contributed by atoms with van der Waals surface area (Å²) in [5, 5.41) is 22.0. The van der Waals surface area contributed by atoms with E-state index < -0.39 is 0 Å². The molecule has 35 heavy (non-hydrogen) atoms. The Kier molecular flexibility index (Phi) is 6.95. The van der Waals surface area contributed by atoms with Crippen molar-refractivity contribution in [1.29, 1.82) is 10.5 Å². The van der Waals surface area contributed by atoms with Crippen molar-refractivity contribution < 1.29 is 4.39 Å². The van der Waals surface area contributed by atoms with Crippen LogP contribution in [0.1, 0.15) is 39.2 Å². The molecule has 1 aromatic heterocycles. The molecule has 0 bridgehead atoms. The summed E-state index contributed by atoms with van der Waals surface area (Å²) >= 11 is 0. The molecule has 4 aromatic rings. The van der Waals surface area contributed by atoms with Gasteiger partial charge in [0.05, 0.1) is 23.3 Å². The number of nitrogens with one attached hydrogen (secondary N) is 1. The topological polar surface area (TPSA) is 85.4 Å². The predicted octanol–water partition coefficient (Wildman–Crippen LogP) is 6.50. The molecule has 0 spiro atoms. The molecule has 1 N–H and O–H groups in total. The minimum absolute atomic E-state index is 0.335. The average molecular weight is 460 g/mol. The van der Waals surface area contributed by atoms with Gasteiger partial charge in [-0.1, -0.05) is 24.3 Å². The van der Waals surface area contributed by atoms with E-state index in [4.69, 9.17) is 5.26 Å². The van der Waals surface area contributed by atoms with Crippen LogP contribution in [0.2, 0.25) is 0 Å². The van der Waals surface area contributed by atoms with Gasteiger partial charge >= 0.3 is 0 Å². The van der Waals surface area contributed by atoms with Crippen molar-refractivity contribution in [2.45, 2.75) is 20.3 Å². The van der Waals surface area contributed by atoms with Gasteiger partial charge in [0.1, 0.15) is 17.5 Å². The Balaban J connectivity index is 1.55. The van der Waals surface area contributed by atoms with Crippen molar-refractivity contribution >= 4 is 23.2 Å². The van der Waals surface area contributed by atoms with Gasteiger partial charge in [-0.25, -0.2) is 14.4 Å². The average Bonchev–Trinajstić information content (AvgIpc) is 2.86. The maximum Gasteiger partial charge on any atom is 0.135 e. The Bertz CT molecular complexity index is 1450. The highest BCUT2D eigenvalue weighted by Crippen LogP contribution is 2.28. The van der Waals surface area contributed by atoms with Crippen molar-refractivity contribution in [2.24, 2.45) is 0 Å². The summed E-state index contributed by atoms with van der Waals surface area (Å²) in [6.07, 6.45) is 4.08. The van der Waals surface area contributed by atoms with Crippen molar-refractivity contribution in [3.63, 3.8) is 0 Å². The largest absolute Gasteiger partial charge is 0.340 e. The molecular weight excluding hydrogens is 437 g/mol. The highest BCUT2D eigenvalue weighted by atomic mass is 19.1. The fourth-order valence-corrected chi connectivity index (χ4v) is 3.82. The number of halogens is 1. The lowest BCUT2D eigenvalue weighted by Crippen LogP contribution is -2.03. The van der Waals surface area contributed by atoms with E-state index in [-0.39, 0.29) is 5.82 Å². The van der Waals surface area contributed by atoms with Gasteiger partial charge in [-0.05, 0) is 90.2 Å². The van der Waals surface area contributed by atoms with Gasteiger partial charge in [0.2, 0.25) is 0 Å². The number of anilines is 2. The summed E-state index contributed by atoms with van der Waals surface area (Å²) < 4.78 is 13.2. The van der Waals surface area contributed by atoms with Crippen LogP contribution in [0.4, 0.5) is 15.9 Å². The number of rotatable bonds is 6. The molecule has 0 saturated heterocycles. The molecule has 0 radical (unpaired) electrons. The normalized spacial score (nSPS) is 10.9. The number of nitriles is 2. The molecule has 6 heteroatoms. The number of allylic oxidation sites excluding steroid dienone is 1. The monoisotopic (exact) mass is 459 g/mol. The first kappa shape index (κ1) is 23.4. The Morgan fingerprint density at radius 1 is 0.971 bits per heavy atom. The lowest BCUT2D eigenvalue weighted by atomic mass is 10.00. The van der Waals surface area contributed by atoms with Crippen LogP contribution in [0.25, 0.3) is 11.6 Å². The second-order valence-corrected chi connectivity index (χ2v) is 8.18. The van der Waals surface area contributed by atoms with Crippen LogP contribution in [0.3, 0.4) is 0 Å². The zero-order valence-electron chi connectivity index (χ0n) is 19.4. The van der Waals surface area contributed by atoms with Crippen molar-refractivity contribution in [3.05, 3.63) is 118 Å². The lowest BCUT2D eigenvalue weighted by molar-refractivity contribution is 0.627. The molecule has 170 valence electrons. The Morgan fingerprint density at radius 3 is 2.29 bits per heavy atom. The predicted molar refractivity (Wildman–Crippen MR) is 135 cm³/mol. The molecule has 0 unspecified atom stereocenters. The van der Waals surface area contributed by atoms with Gasteiger partial charge in [0.25, 0.3) is 0 Å². The minimum Gasteiger partial charge on any atom is -0.340 e. The minimum atomic E-state index is -0.335. The lowest BCUT2D eigenvalue weighted by Gasteiger charge is -2.14. The molecule has 0 aliphatic heterocycles. The van der Waals surface area contributed by atoms with Gasteiger partial charge < -0.3 is 5.32 Å². The quantitative estimate of drug-likeness (QED) is 0.263. The molecule has 4 rings (SSSR count). The van der Waals surface area contributed by atoms with E-state index in [2.05, 4.69) is 27.4 Å². The van der Waals surface area contributed by atoms with Crippen molar-refractivity contribution in [3.8, 4) is 12.1 Å². The van der Waals surface area contributed by atoms with Crippen LogP contribution >= 0.6 is 0 Å². The van der Waals surface area contributed by atoms with Crippen LogP contribution in [0, 0.1) is 42.3 Å². The summed E-state index contributed by atoms with van der Waals surface area (Å²) in [5.41, 5.74) is 6.60. The highest BCUT2D eigenvalue weighted by molar-refractivity contribution is 5.90. The fourth-order valence-electron chi connectivity index (χ4n) is 3.82. The van der Waals surface area contributed by atoms with E-state index >= 15 is 0 Å². The molecule has 3 aromatic carbocycles. The molecule has 0 aliphatic carbocycles. The zero-order valence-corrected chi connectivity index (χ0v) is 19.4. The second-order valence-electron chi connectivity index (χ2n) is 8.18. The van der Waals surface area contributed by atoms with Crippen LogP contribution in [0.15, 0.2) is 72.9 Å². The molecule has 0 saturated carbocycles. The molecule has 0 aliphatic rings. The van der Waals surface area contributed by atoms with Gasteiger partial charge in [-0.2, -0.15) is 10.5 Å². The second kappa shape index (κ2) is 10.4. The van der Waals surface area contributed by atoms with Crippen LogP contribution in [-0.4, -0.2) is 9.97 Å². The SMILES string of the molecule is Cc1cc(/C=C(/C#N)c2ccc(F)cc2)cc(C)c1Nc1ccnc(Cc2ccc(C#N)cc2)n1. The number of benzene rings is 3. The molecule has 0 fully saturated rings. The zero-order chi connectivity index (χ0) is 24.8. The van der Waals surface area contributed by atoms with E-state index in [0.29, 0.717) is 34.8 Å². The van der Waals surface area contributed by atoms with Gasteiger partial charge in [-0.15, -0.1) is 0 Å². The van der Waals surface area contributed by atoms with Crippen LogP contribution in [-0.2, 0) is 6.42 Å². The third kappa shape index (κ3) is 5.76. The van der Waals surface area contributed by atoms with Crippen molar-refractivity contribution in [1.82, 2.24) is 9.97 Å². The fraction of sp³-hybridized carbons (Fsp3) is 0.103. The Hall–Kier alpha value is -4.81.